The highest BCUT2D eigenvalue weighted by Crippen LogP contribution is 2.21. The third-order valence-electron chi connectivity index (χ3n) is 3.29. The highest BCUT2D eigenvalue weighted by atomic mass is 32.2. The van der Waals surface area contributed by atoms with E-state index >= 15 is 0 Å². The van der Waals surface area contributed by atoms with Crippen LogP contribution >= 0.6 is 0 Å². The standard InChI is InChI=1S/C18H20O4S/c1-5-7-8-14(6-2)17(13(3)19)18(20)15-9-11-16(12-10-15)23(4,21)22/h5-12,17H,2H2,1,3-4H3/b7-5-,14-8+. The molecular formula is C18H20O4S. The molecule has 0 radical (unpaired) electrons. The summed E-state index contributed by atoms with van der Waals surface area (Å²) in [5.74, 6) is -1.63. The first-order valence-corrected chi connectivity index (χ1v) is 8.91. The molecule has 0 heterocycles. The summed E-state index contributed by atoms with van der Waals surface area (Å²) in [6, 6.07) is 5.57. The summed E-state index contributed by atoms with van der Waals surface area (Å²) in [6.07, 6.45) is 7.76. The zero-order valence-corrected chi connectivity index (χ0v) is 14.3. The van der Waals surface area contributed by atoms with Gasteiger partial charge in [0.15, 0.2) is 15.6 Å². The van der Waals surface area contributed by atoms with Crippen LogP contribution in [-0.4, -0.2) is 26.2 Å². The van der Waals surface area contributed by atoms with Crippen molar-refractivity contribution in [3.8, 4) is 0 Å². The minimum absolute atomic E-state index is 0.127. The van der Waals surface area contributed by atoms with E-state index in [1.165, 1.54) is 37.3 Å². The van der Waals surface area contributed by atoms with E-state index in [1.807, 2.05) is 6.92 Å². The van der Waals surface area contributed by atoms with Crippen LogP contribution in [0.15, 0.2) is 65.6 Å². The van der Waals surface area contributed by atoms with Crippen molar-refractivity contribution in [1.82, 2.24) is 0 Å². The molecule has 23 heavy (non-hydrogen) atoms. The van der Waals surface area contributed by atoms with E-state index in [0.29, 0.717) is 5.57 Å². The summed E-state index contributed by atoms with van der Waals surface area (Å²) in [5, 5.41) is 0. The monoisotopic (exact) mass is 332 g/mol. The molecule has 1 rings (SSSR count). The highest BCUT2D eigenvalue weighted by Gasteiger charge is 2.27. The number of ketones is 2. The molecule has 5 heteroatoms. The maximum Gasteiger partial charge on any atom is 0.177 e. The van der Waals surface area contributed by atoms with Crippen LogP contribution in [-0.2, 0) is 14.6 Å². The van der Waals surface area contributed by atoms with Gasteiger partial charge in [-0.15, -0.1) is 0 Å². The van der Waals surface area contributed by atoms with E-state index < -0.39 is 15.8 Å². The van der Waals surface area contributed by atoms with Crippen molar-refractivity contribution in [3.63, 3.8) is 0 Å². The molecule has 1 unspecified atom stereocenters. The summed E-state index contributed by atoms with van der Waals surface area (Å²) in [6.45, 7) is 6.83. The van der Waals surface area contributed by atoms with Crippen molar-refractivity contribution in [3.05, 3.63) is 66.3 Å². The highest BCUT2D eigenvalue weighted by molar-refractivity contribution is 7.90. The van der Waals surface area contributed by atoms with Crippen molar-refractivity contribution >= 4 is 21.4 Å². The lowest BCUT2D eigenvalue weighted by molar-refractivity contribution is -0.118. The van der Waals surface area contributed by atoms with Crippen LogP contribution in [0.1, 0.15) is 24.2 Å². The second-order valence-corrected chi connectivity index (χ2v) is 7.12. The third kappa shape index (κ3) is 4.86. The van der Waals surface area contributed by atoms with Crippen LogP contribution in [0.3, 0.4) is 0 Å². The Hall–Kier alpha value is -2.27. The number of rotatable bonds is 7. The Labute approximate surface area is 137 Å². The second-order valence-electron chi connectivity index (χ2n) is 5.10. The first-order chi connectivity index (χ1) is 10.7. The van der Waals surface area contributed by atoms with Crippen LogP contribution < -0.4 is 0 Å². The van der Waals surface area contributed by atoms with E-state index in [4.69, 9.17) is 0 Å². The van der Waals surface area contributed by atoms with Gasteiger partial charge in [0.1, 0.15) is 11.7 Å². The molecule has 0 aromatic heterocycles. The lowest BCUT2D eigenvalue weighted by atomic mass is 9.87. The summed E-state index contributed by atoms with van der Waals surface area (Å²) < 4.78 is 22.9. The normalized spacial score (nSPS) is 13.8. The number of carbonyl (C=O) groups is 2. The average molecular weight is 332 g/mol. The Morgan fingerprint density at radius 2 is 1.74 bits per heavy atom. The number of sulfone groups is 1. The van der Waals surface area contributed by atoms with Gasteiger partial charge >= 0.3 is 0 Å². The molecule has 1 atom stereocenters. The van der Waals surface area contributed by atoms with Crippen LogP contribution in [0, 0.1) is 5.92 Å². The van der Waals surface area contributed by atoms with Gasteiger partial charge in [-0.1, -0.05) is 43.0 Å². The van der Waals surface area contributed by atoms with Gasteiger partial charge in [-0.05, 0) is 31.6 Å². The smallest absolute Gasteiger partial charge is 0.177 e. The molecule has 0 bridgehead atoms. The van der Waals surface area contributed by atoms with E-state index in [9.17, 15) is 18.0 Å². The summed E-state index contributed by atoms with van der Waals surface area (Å²) in [7, 11) is -3.33. The Morgan fingerprint density at radius 1 is 1.17 bits per heavy atom. The van der Waals surface area contributed by atoms with Gasteiger partial charge in [-0.3, -0.25) is 9.59 Å². The van der Waals surface area contributed by atoms with Crippen molar-refractivity contribution in [2.24, 2.45) is 5.92 Å². The number of allylic oxidation sites excluding steroid dienone is 5. The summed E-state index contributed by atoms with van der Waals surface area (Å²) in [5.41, 5.74) is 0.790. The molecule has 0 fully saturated rings. The SMILES string of the molecule is C=C/C(=C\C=C/C)C(C(C)=O)C(=O)c1ccc(S(C)(=O)=O)cc1. The second kappa shape index (κ2) is 7.83. The number of benzene rings is 1. The quantitative estimate of drug-likeness (QED) is 0.437. The van der Waals surface area contributed by atoms with E-state index in [2.05, 4.69) is 6.58 Å². The van der Waals surface area contributed by atoms with E-state index in [0.717, 1.165) is 6.26 Å². The van der Waals surface area contributed by atoms with E-state index in [1.54, 1.807) is 18.2 Å². The fraction of sp³-hybridized carbons (Fsp3) is 0.222. The molecule has 0 aliphatic carbocycles. The zero-order chi connectivity index (χ0) is 17.6. The molecule has 4 nitrogen and oxygen atoms in total. The molecule has 1 aromatic rings. The topological polar surface area (TPSA) is 68.3 Å². The maximum absolute atomic E-state index is 12.6. The Bertz CT molecular complexity index is 766. The van der Waals surface area contributed by atoms with Gasteiger partial charge in [0.05, 0.1) is 4.90 Å². The lowest BCUT2D eigenvalue weighted by Gasteiger charge is -2.14. The van der Waals surface area contributed by atoms with Gasteiger partial charge in [-0.2, -0.15) is 0 Å². The van der Waals surface area contributed by atoms with E-state index in [-0.39, 0.29) is 22.0 Å². The maximum atomic E-state index is 12.6. The third-order valence-corrected chi connectivity index (χ3v) is 4.41. The Morgan fingerprint density at radius 3 is 2.13 bits per heavy atom. The van der Waals surface area contributed by atoms with Gasteiger partial charge in [-0.25, -0.2) is 8.42 Å². The first kappa shape index (κ1) is 18.8. The van der Waals surface area contributed by atoms with Crippen LogP contribution in [0.5, 0.6) is 0 Å². The molecule has 0 aliphatic rings. The Kier molecular flexibility index (Phi) is 6.39. The molecule has 0 spiro atoms. The van der Waals surface area contributed by atoms with Crippen LogP contribution in [0.4, 0.5) is 0 Å². The minimum Gasteiger partial charge on any atom is -0.299 e. The van der Waals surface area contributed by atoms with Gasteiger partial charge < -0.3 is 0 Å². The predicted molar refractivity (Wildman–Crippen MR) is 91.1 cm³/mol. The lowest BCUT2D eigenvalue weighted by Crippen LogP contribution is -2.23. The molecule has 1 aromatic carbocycles. The van der Waals surface area contributed by atoms with Gasteiger partial charge in [0, 0.05) is 11.8 Å². The average Bonchev–Trinajstić information content (AvgIpc) is 2.49. The predicted octanol–water partition coefficient (Wildman–Crippen LogP) is 3.17. The minimum atomic E-state index is -3.33. The fourth-order valence-corrected chi connectivity index (χ4v) is 2.72. The number of Topliss-reactive ketones (excluding diaryl/α,β-unsaturated/α-hetero) is 2. The molecule has 0 saturated carbocycles. The molecule has 0 amide bonds. The van der Waals surface area contributed by atoms with Crippen molar-refractivity contribution < 1.29 is 18.0 Å². The van der Waals surface area contributed by atoms with Crippen molar-refractivity contribution in [2.75, 3.05) is 6.26 Å². The molecule has 122 valence electrons. The van der Waals surface area contributed by atoms with Crippen LogP contribution in [0.2, 0.25) is 0 Å². The summed E-state index contributed by atoms with van der Waals surface area (Å²) >= 11 is 0. The largest absolute Gasteiger partial charge is 0.299 e. The number of hydrogen-bond donors (Lipinski definition) is 0. The van der Waals surface area contributed by atoms with Gasteiger partial charge in [0.25, 0.3) is 0 Å². The van der Waals surface area contributed by atoms with Crippen LogP contribution in [0.25, 0.3) is 0 Å². The Balaban J connectivity index is 3.26. The zero-order valence-electron chi connectivity index (χ0n) is 13.4. The van der Waals surface area contributed by atoms with Crippen molar-refractivity contribution in [1.29, 1.82) is 0 Å². The fourth-order valence-electron chi connectivity index (χ4n) is 2.09. The first-order valence-electron chi connectivity index (χ1n) is 7.02. The molecular weight excluding hydrogens is 312 g/mol. The molecule has 0 saturated heterocycles. The van der Waals surface area contributed by atoms with Crippen molar-refractivity contribution in [2.45, 2.75) is 18.7 Å². The summed E-state index contributed by atoms with van der Waals surface area (Å²) in [4.78, 5) is 24.7. The number of hydrogen-bond acceptors (Lipinski definition) is 4. The number of carbonyl (C=O) groups excluding carboxylic acids is 2. The molecule has 0 aliphatic heterocycles. The van der Waals surface area contributed by atoms with Gasteiger partial charge in [0.2, 0.25) is 0 Å². The molecule has 0 N–H and O–H groups in total.